The zero-order valence-electron chi connectivity index (χ0n) is 10.9. The standard InChI is InChI=1S/C17H20O/c1-13-9-11-15(12-10-13)18-17-8-4-6-14-5-2-3-7-16(14)17/h2-8,13,15H,9-12H2,1H3. The van der Waals surface area contributed by atoms with E-state index >= 15 is 0 Å². The van der Waals surface area contributed by atoms with Crippen LogP contribution in [0.25, 0.3) is 10.8 Å². The van der Waals surface area contributed by atoms with Crippen molar-refractivity contribution in [2.24, 2.45) is 5.92 Å². The van der Waals surface area contributed by atoms with Gasteiger partial charge in [0, 0.05) is 5.39 Å². The first-order valence-corrected chi connectivity index (χ1v) is 6.97. The Morgan fingerprint density at radius 3 is 2.44 bits per heavy atom. The fourth-order valence-corrected chi connectivity index (χ4v) is 2.83. The molecule has 1 aliphatic rings. The lowest BCUT2D eigenvalue weighted by Crippen LogP contribution is -2.23. The number of benzene rings is 2. The summed E-state index contributed by atoms with van der Waals surface area (Å²) in [5.74, 6) is 1.92. The molecule has 0 saturated heterocycles. The molecule has 0 bridgehead atoms. The zero-order valence-corrected chi connectivity index (χ0v) is 10.9. The molecule has 94 valence electrons. The quantitative estimate of drug-likeness (QED) is 0.732. The molecule has 0 aromatic heterocycles. The van der Waals surface area contributed by atoms with Crippen LogP contribution in [-0.2, 0) is 0 Å². The maximum absolute atomic E-state index is 6.22. The Balaban J connectivity index is 1.82. The summed E-state index contributed by atoms with van der Waals surface area (Å²) in [5.41, 5.74) is 0. The van der Waals surface area contributed by atoms with E-state index in [-0.39, 0.29) is 0 Å². The van der Waals surface area contributed by atoms with Crippen molar-refractivity contribution in [3.63, 3.8) is 0 Å². The van der Waals surface area contributed by atoms with Gasteiger partial charge in [0.2, 0.25) is 0 Å². The molecule has 0 amide bonds. The third-order valence-electron chi connectivity index (χ3n) is 4.01. The van der Waals surface area contributed by atoms with Gasteiger partial charge in [-0.15, -0.1) is 0 Å². The highest BCUT2D eigenvalue weighted by atomic mass is 16.5. The third-order valence-corrected chi connectivity index (χ3v) is 4.01. The molecule has 0 heterocycles. The van der Waals surface area contributed by atoms with E-state index in [0.29, 0.717) is 6.10 Å². The third kappa shape index (κ3) is 2.35. The lowest BCUT2D eigenvalue weighted by atomic mass is 9.89. The average Bonchev–Trinajstić information content (AvgIpc) is 2.42. The van der Waals surface area contributed by atoms with E-state index in [0.717, 1.165) is 11.7 Å². The number of fused-ring (bicyclic) bond motifs is 1. The molecule has 2 aromatic rings. The average molecular weight is 240 g/mol. The summed E-state index contributed by atoms with van der Waals surface area (Å²) in [7, 11) is 0. The van der Waals surface area contributed by atoms with Gasteiger partial charge >= 0.3 is 0 Å². The molecule has 18 heavy (non-hydrogen) atoms. The van der Waals surface area contributed by atoms with Crippen LogP contribution in [-0.4, -0.2) is 6.10 Å². The molecular formula is C17H20O. The minimum Gasteiger partial charge on any atom is -0.490 e. The van der Waals surface area contributed by atoms with Gasteiger partial charge in [-0.25, -0.2) is 0 Å². The molecule has 0 radical (unpaired) electrons. The predicted octanol–water partition coefficient (Wildman–Crippen LogP) is 4.80. The Hall–Kier alpha value is -1.50. The van der Waals surface area contributed by atoms with Crippen LogP contribution >= 0.6 is 0 Å². The second-order valence-electron chi connectivity index (χ2n) is 5.48. The summed E-state index contributed by atoms with van der Waals surface area (Å²) in [6.45, 7) is 2.34. The molecule has 1 fully saturated rings. The smallest absolute Gasteiger partial charge is 0.127 e. The molecule has 0 unspecified atom stereocenters. The second-order valence-corrected chi connectivity index (χ2v) is 5.48. The van der Waals surface area contributed by atoms with Crippen LogP contribution in [0.1, 0.15) is 32.6 Å². The molecular weight excluding hydrogens is 220 g/mol. The first-order chi connectivity index (χ1) is 8.83. The second kappa shape index (κ2) is 5.01. The van der Waals surface area contributed by atoms with E-state index in [1.807, 2.05) is 0 Å². The van der Waals surface area contributed by atoms with Crippen LogP contribution in [0.4, 0.5) is 0 Å². The fraction of sp³-hybridized carbons (Fsp3) is 0.412. The zero-order chi connectivity index (χ0) is 12.4. The monoisotopic (exact) mass is 240 g/mol. The Bertz CT molecular complexity index is 519. The maximum Gasteiger partial charge on any atom is 0.127 e. The predicted molar refractivity (Wildman–Crippen MR) is 76.0 cm³/mol. The minimum absolute atomic E-state index is 0.409. The minimum atomic E-state index is 0.409. The van der Waals surface area contributed by atoms with Gasteiger partial charge in [0.05, 0.1) is 6.10 Å². The molecule has 1 nitrogen and oxygen atoms in total. The van der Waals surface area contributed by atoms with Gasteiger partial charge in [-0.3, -0.25) is 0 Å². The van der Waals surface area contributed by atoms with Crippen LogP contribution in [0.15, 0.2) is 42.5 Å². The van der Waals surface area contributed by atoms with Gasteiger partial charge in [0.1, 0.15) is 5.75 Å². The topological polar surface area (TPSA) is 9.23 Å². The normalized spacial score (nSPS) is 24.1. The van der Waals surface area contributed by atoms with Crippen LogP contribution in [0.5, 0.6) is 5.75 Å². The number of hydrogen-bond acceptors (Lipinski definition) is 1. The highest BCUT2D eigenvalue weighted by molar-refractivity contribution is 5.88. The van der Waals surface area contributed by atoms with Gasteiger partial charge in [-0.2, -0.15) is 0 Å². The van der Waals surface area contributed by atoms with Crippen LogP contribution in [0.2, 0.25) is 0 Å². The number of hydrogen-bond donors (Lipinski definition) is 0. The maximum atomic E-state index is 6.22. The van der Waals surface area contributed by atoms with E-state index in [9.17, 15) is 0 Å². The van der Waals surface area contributed by atoms with Crippen molar-refractivity contribution < 1.29 is 4.74 Å². The summed E-state index contributed by atoms with van der Waals surface area (Å²) < 4.78 is 6.22. The summed E-state index contributed by atoms with van der Waals surface area (Å²) >= 11 is 0. The van der Waals surface area contributed by atoms with Crippen molar-refractivity contribution >= 4 is 10.8 Å². The number of rotatable bonds is 2. The summed E-state index contributed by atoms with van der Waals surface area (Å²) in [6.07, 6.45) is 5.41. The van der Waals surface area contributed by atoms with Crippen molar-refractivity contribution in [3.05, 3.63) is 42.5 Å². The largest absolute Gasteiger partial charge is 0.490 e. The summed E-state index contributed by atoms with van der Waals surface area (Å²) in [6, 6.07) is 14.8. The molecule has 0 spiro atoms. The van der Waals surface area contributed by atoms with Crippen LogP contribution in [0.3, 0.4) is 0 Å². The molecule has 0 N–H and O–H groups in total. The molecule has 3 rings (SSSR count). The van der Waals surface area contributed by atoms with E-state index in [1.165, 1.54) is 36.5 Å². The highest BCUT2D eigenvalue weighted by Crippen LogP contribution is 2.31. The van der Waals surface area contributed by atoms with Crippen molar-refractivity contribution in [2.75, 3.05) is 0 Å². The molecule has 0 atom stereocenters. The Morgan fingerprint density at radius 1 is 0.889 bits per heavy atom. The van der Waals surface area contributed by atoms with Crippen molar-refractivity contribution in [3.8, 4) is 5.75 Å². The van der Waals surface area contributed by atoms with E-state index in [2.05, 4.69) is 49.4 Å². The first kappa shape index (κ1) is 11.6. The van der Waals surface area contributed by atoms with Gasteiger partial charge < -0.3 is 4.74 Å². The highest BCUT2D eigenvalue weighted by Gasteiger charge is 2.19. The van der Waals surface area contributed by atoms with E-state index < -0.39 is 0 Å². The lowest BCUT2D eigenvalue weighted by molar-refractivity contribution is 0.137. The van der Waals surface area contributed by atoms with E-state index in [4.69, 9.17) is 4.74 Å². The fourth-order valence-electron chi connectivity index (χ4n) is 2.83. The van der Waals surface area contributed by atoms with Crippen LogP contribution < -0.4 is 4.74 Å². The van der Waals surface area contributed by atoms with E-state index in [1.54, 1.807) is 0 Å². The SMILES string of the molecule is CC1CCC(Oc2cccc3ccccc23)CC1. The van der Waals surface area contributed by atoms with Gasteiger partial charge in [-0.1, -0.05) is 43.3 Å². The molecule has 1 saturated carbocycles. The first-order valence-electron chi connectivity index (χ1n) is 6.97. The Kier molecular flexibility index (Phi) is 3.22. The summed E-state index contributed by atoms with van der Waals surface area (Å²) in [5, 5.41) is 2.50. The molecule has 1 aliphatic carbocycles. The summed E-state index contributed by atoms with van der Waals surface area (Å²) in [4.78, 5) is 0. The lowest BCUT2D eigenvalue weighted by Gasteiger charge is -2.27. The Morgan fingerprint density at radius 2 is 1.61 bits per heavy atom. The van der Waals surface area contributed by atoms with Gasteiger partial charge in [0.25, 0.3) is 0 Å². The van der Waals surface area contributed by atoms with Gasteiger partial charge in [0.15, 0.2) is 0 Å². The van der Waals surface area contributed by atoms with Crippen molar-refractivity contribution in [2.45, 2.75) is 38.7 Å². The molecule has 1 heteroatoms. The molecule has 0 aliphatic heterocycles. The molecule has 2 aromatic carbocycles. The van der Waals surface area contributed by atoms with Crippen molar-refractivity contribution in [1.82, 2.24) is 0 Å². The van der Waals surface area contributed by atoms with Crippen molar-refractivity contribution in [1.29, 1.82) is 0 Å². The number of ether oxygens (including phenoxy) is 1. The van der Waals surface area contributed by atoms with Crippen LogP contribution in [0, 0.1) is 5.92 Å². The van der Waals surface area contributed by atoms with Gasteiger partial charge in [-0.05, 0) is 43.1 Å². The Labute approximate surface area is 109 Å².